The number of hydrogen-bond acceptors (Lipinski definition) is 7. The van der Waals surface area contributed by atoms with Gasteiger partial charge in [0.1, 0.15) is 29.5 Å². The van der Waals surface area contributed by atoms with Crippen LogP contribution in [0.2, 0.25) is 0 Å². The SMILES string of the molecule is COc1ccc2c(c1)CCN(C1CCN(c3cc(Oc4cc(C(F)(F)F)c5[nH]c(C)nc5c4)ncn3)CC1)C(=O)N2. The van der Waals surface area contributed by atoms with Crippen LogP contribution in [0.15, 0.2) is 42.7 Å². The van der Waals surface area contributed by atoms with E-state index >= 15 is 0 Å². The molecule has 0 radical (unpaired) electrons. The first-order chi connectivity index (χ1) is 19.7. The van der Waals surface area contributed by atoms with Gasteiger partial charge in [0.2, 0.25) is 5.88 Å². The van der Waals surface area contributed by atoms with Crippen molar-refractivity contribution in [2.45, 2.75) is 38.4 Å². The molecule has 4 aromatic rings. The van der Waals surface area contributed by atoms with Crippen molar-refractivity contribution in [3.8, 4) is 17.4 Å². The van der Waals surface area contributed by atoms with Gasteiger partial charge in [-0.25, -0.2) is 19.7 Å². The molecule has 6 rings (SSSR count). The Bertz CT molecular complexity index is 1600. The van der Waals surface area contributed by atoms with Crippen molar-refractivity contribution in [1.82, 2.24) is 24.8 Å². The zero-order valence-electron chi connectivity index (χ0n) is 22.5. The van der Waals surface area contributed by atoms with Crippen molar-refractivity contribution in [3.05, 3.63) is 59.7 Å². The van der Waals surface area contributed by atoms with E-state index in [1.807, 2.05) is 23.1 Å². The zero-order valence-corrected chi connectivity index (χ0v) is 22.5. The molecule has 0 unspecified atom stereocenters. The predicted molar refractivity (Wildman–Crippen MR) is 146 cm³/mol. The summed E-state index contributed by atoms with van der Waals surface area (Å²) in [6.07, 6.45) is -1.07. The molecule has 2 aromatic carbocycles. The summed E-state index contributed by atoms with van der Waals surface area (Å²) in [5.41, 5.74) is 1.05. The van der Waals surface area contributed by atoms with Crippen LogP contribution in [0.1, 0.15) is 29.8 Å². The summed E-state index contributed by atoms with van der Waals surface area (Å²) < 4.78 is 52.2. The number of carbonyl (C=O) groups is 1. The number of anilines is 2. The van der Waals surface area contributed by atoms with Crippen LogP contribution in [0.4, 0.5) is 29.5 Å². The first kappa shape index (κ1) is 26.7. The second kappa shape index (κ2) is 10.5. The second-order valence-corrected chi connectivity index (χ2v) is 10.1. The van der Waals surface area contributed by atoms with Crippen molar-refractivity contribution < 1.29 is 27.4 Å². The Morgan fingerprint density at radius 1 is 1.02 bits per heavy atom. The van der Waals surface area contributed by atoms with E-state index in [0.717, 1.165) is 42.3 Å². The standard InChI is InChI=1S/C28H28F3N7O3/c1-16-34-23-13-20(12-21(26(23)35-16)28(29,30)31)41-25-14-24(32-15-33-25)37-8-6-18(7-9-37)38-10-5-17-11-19(40-2)3-4-22(17)36-27(38)39/h3-4,11-15,18H,5-10H2,1-2H3,(H,34,35)(H,36,39). The minimum absolute atomic E-state index is 0.0227. The first-order valence-electron chi connectivity index (χ1n) is 13.2. The van der Waals surface area contributed by atoms with Gasteiger partial charge < -0.3 is 29.6 Å². The number of hydrogen-bond donors (Lipinski definition) is 2. The minimum Gasteiger partial charge on any atom is -0.497 e. The molecule has 2 aliphatic rings. The fourth-order valence-electron chi connectivity index (χ4n) is 5.48. The molecule has 1 fully saturated rings. The molecule has 1 saturated heterocycles. The lowest BCUT2D eigenvalue weighted by Gasteiger charge is -2.38. The van der Waals surface area contributed by atoms with Crippen molar-refractivity contribution in [2.24, 2.45) is 0 Å². The summed E-state index contributed by atoms with van der Waals surface area (Å²) in [6.45, 7) is 3.48. The minimum atomic E-state index is -4.59. The molecule has 2 amide bonds. The van der Waals surface area contributed by atoms with Gasteiger partial charge in [0.05, 0.1) is 23.7 Å². The molecule has 2 aromatic heterocycles. The van der Waals surface area contributed by atoms with E-state index in [0.29, 0.717) is 31.3 Å². The number of methoxy groups -OCH3 is 1. The number of aromatic amines is 1. The number of nitrogens with zero attached hydrogens (tertiary/aromatic N) is 5. The number of piperidine rings is 1. The Hall–Kier alpha value is -4.55. The highest BCUT2D eigenvalue weighted by Gasteiger charge is 2.35. The van der Waals surface area contributed by atoms with Crippen LogP contribution < -0.4 is 19.7 Å². The van der Waals surface area contributed by atoms with E-state index < -0.39 is 11.7 Å². The molecular weight excluding hydrogens is 539 g/mol. The highest BCUT2D eigenvalue weighted by atomic mass is 19.4. The number of urea groups is 1. The van der Waals surface area contributed by atoms with Crippen molar-refractivity contribution in [2.75, 3.05) is 37.0 Å². The van der Waals surface area contributed by atoms with Gasteiger partial charge in [-0.2, -0.15) is 13.2 Å². The van der Waals surface area contributed by atoms with Crippen molar-refractivity contribution >= 4 is 28.6 Å². The highest BCUT2D eigenvalue weighted by molar-refractivity contribution is 5.91. The number of benzene rings is 2. The number of carbonyl (C=O) groups excluding carboxylic acids is 1. The molecule has 2 N–H and O–H groups in total. The number of ether oxygens (including phenoxy) is 2. The summed E-state index contributed by atoms with van der Waals surface area (Å²) in [6, 6.07) is 9.58. The van der Waals surface area contributed by atoms with E-state index in [1.165, 1.54) is 12.4 Å². The fourth-order valence-corrected chi connectivity index (χ4v) is 5.48. The second-order valence-electron chi connectivity index (χ2n) is 10.1. The van der Waals surface area contributed by atoms with Gasteiger partial charge in [-0.3, -0.25) is 0 Å². The van der Waals surface area contributed by atoms with Gasteiger partial charge in [0.25, 0.3) is 0 Å². The highest BCUT2D eigenvalue weighted by Crippen LogP contribution is 2.38. The van der Waals surface area contributed by atoms with E-state index in [4.69, 9.17) is 9.47 Å². The molecule has 214 valence electrons. The quantitative estimate of drug-likeness (QED) is 0.326. The van der Waals surface area contributed by atoms with Gasteiger partial charge in [0, 0.05) is 43.5 Å². The molecule has 0 spiro atoms. The Labute approximate surface area is 233 Å². The third kappa shape index (κ3) is 5.43. The maximum Gasteiger partial charge on any atom is 0.418 e. The number of nitrogens with one attached hydrogen (secondary N) is 2. The smallest absolute Gasteiger partial charge is 0.418 e. The summed E-state index contributed by atoms with van der Waals surface area (Å²) in [4.78, 5) is 32.3. The van der Waals surface area contributed by atoms with E-state index in [1.54, 1.807) is 20.1 Å². The Balaban J connectivity index is 1.13. The summed E-state index contributed by atoms with van der Waals surface area (Å²) in [5, 5.41) is 3.02. The lowest BCUT2D eigenvalue weighted by Crippen LogP contribution is -2.49. The van der Waals surface area contributed by atoms with Crippen LogP contribution in [0.25, 0.3) is 11.0 Å². The largest absolute Gasteiger partial charge is 0.497 e. The monoisotopic (exact) mass is 567 g/mol. The molecule has 13 heteroatoms. The molecule has 0 bridgehead atoms. The van der Waals surface area contributed by atoms with E-state index in [9.17, 15) is 18.0 Å². The third-order valence-electron chi connectivity index (χ3n) is 7.51. The van der Waals surface area contributed by atoms with Crippen LogP contribution >= 0.6 is 0 Å². The number of aryl methyl sites for hydroxylation is 1. The van der Waals surface area contributed by atoms with Crippen LogP contribution in [0.5, 0.6) is 17.4 Å². The predicted octanol–water partition coefficient (Wildman–Crippen LogP) is 5.54. The molecular formula is C28H28F3N7O3. The maximum absolute atomic E-state index is 13.7. The Morgan fingerprint density at radius 3 is 2.59 bits per heavy atom. The molecule has 41 heavy (non-hydrogen) atoms. The number of H-pyrrole nitrogens is 1. The maximum atomic E-state index is 13.7. The number of rotatable bonds is 5. The average Bonchev–Trinajstić information content (AvgIpc) is 3.24. The summed E-state index contributed by atoms with van der Waals surface area (Å²) in [5.74, 6) is 1.83. The number of fused-ring (bicyclic) bond motifs is 2. The number of aromatic nitrogens is 4. The van der Waals surface area contributed by atoms with Crippen LogP contribution in [0, 0.1) is 6.92 Å². The van der Waals surface area contributed by atoms with E-state index in [-0.39, 0.29) is 34.7 Å². The fraction of sp³-hybridized carbons (Fsp3) is 0.357. The number of halogens is 3. The molecule has 10 nitrogen and oxygen atoms in total. The van der Waals surface area contributed by atoms with Crippen molar-refractivity contribution in [1.29, 1.82) is 0 Å². The number of alkyl halides is 3. The van der Waals surface area contributed by atoms with Crippen LogP contribution in [0.3, 0.4) is 0 Å². The van der Waals surface area contributed by atoms with Gasteiger partial charge >= 0.3 is 12.2 Å². The lowest BCUT2D eigenvalue weighted by molar-refractivity contribution is -0.136. The average molecular weight is 568 g/mol. The summed E-state index contributed by atoms with van der Waals surface area (Å²) in [7, 11) is 1.62. The van der Waals surface area contributed by atoms with E-state index in [2.05, 4.69) is 30.2 Å². The molecule has 0 saturated carbocycles. The Kier molecular flexibility index (Phi) is 6.80. The van der Waals surface area contributed by atoms with Gasteiger partial charge in [-0.1, -0.05) is 0 Å². The van der Waals surface area contributed by atoms with Crippen LogP contribution in [-0.2, 0) is 12.6 Å². The molecule has 0 aliphatic carbocycles. The number of imidazole rings is 1. The third-order valence-corrected chi connectivity index (χ3v) is 7.51. The summed E-state index contributed by atoms with van der Waals surface area (Å²) >= 11 is 0. The molecule has 2 aliphatic heterocycles. The van der Waals surface area contributed by atoms with Gasteiger partial charge in [0.15, 0.2) is 0 Å². The van der Waals surface area contributed by atoms with Crippen LogP contribution in [-0.4, -0.2) is 63.7 Å². The van der Waals surface area contributed by atoms with Gasteiger partial charge in [-0.15, -0.1) is 0 Å². The Morgan fingerprint density at radius 2 is 1.83 bits per heavy atom. The normalized spacial score (nSPS) is 16.4. The lowest BCUT2D eigenvalue weighted by atomic mass is 10.0. The number of amides is 2. The first-order valence-corrected chi connectivity index (χ1v) is 13.2. The van der Waals surface area contributed by atoms with Gasteiger partial charge in [-0.05, 0) is 56.0 Å². The zero-order chi connectivity index (χ0) is 28.7. The molecule has 0 atom stereocenters. The van der Waals surface area contributed by atoms with Crippen molar-refractivity contribution in [3.63, 3.8) is 0 Å². The molecule has 4 heterocycles. The topological polar surface area (TPSA) is 108 Å².